The molecule has 1 aliphatic heterocycles. The number of hydrogen-bond donors (Lipinski definition) is 1. The molecule has 2 rings (SSSR count). The monoisotopic (exact) mass is 296 g/mol. The van der Waals surface area contributed by atoms with Gasteiger partial charge in [-0.25, -0.2) is 8.42 Å². The zero-order valence-corrected chi connectivity index (χ0v) is 12.7. The Hall–Kier alpha value is -0.910. The van der Waals surface area contributed by atoms with E-state index in [1.54, 1.807) is 24.3 Å². The maximum absolute atomic E-state index is 12.3. The van der Waals surface area contributed by atoms with Gasteiger partial charge in [0.2, 0.25) is 0 Å². The molecule has 1 aromatic rings. The van der Waals surface area contributed by atoms with Gasteiger partial charge in [0.15, 0.2) is 9.84 Å². The lowest BCUT2D eigenvalue weighted by Crippen LogP contribution is -2.30. The number of nitrogens with zero attached hydrogens (tertiary/aromatic N) is 1. The first-order chi connectivity index (χ1) is 9.62. The molecule has 1 aliphatic rings. The maximum atomic E-state index is 12.3. The molecule has 0 spiro atoms. The summed E-state index contributed by atoms with van der Waals surface area (Å²) in [5.41, 5.74) is 6.48. The normalized spacial score (nSPS) is 17.9. The molecular weight excluding hydrogens is 272 g/mol. The first-order valence-electron chi connectivity index (χ1n) is 7.36. The van der Waals surface area contributed by atoms with Gasteiger partial charge >= 0.3 is 0 Å². The molecule has 0 bridgehead atoms. The van der Waals surface area contributed by atoms with Crippen molar-refractivity contribution >= 4 is 9.84 Å². The van der Waals surface area contributed by atoms with Crippen molar-refractivity contribution in [2.24, 2.45) is 5.73 Å². The Balaban J connectivity index is 1.95. The second-order valence-corrected chi connectivity index (χ2v) is 7.53. The number of nitrogens with two attached hydrogens (primary N) is 1. The summed E-state index contributed by atoms with van der Waals surface area (Å²) in [6.07, 6.45) is 4.91. The standard InChI is InChI=1S/C15H24N2O2S/c16-13-14-5-7-15(8-6-14)20(18,19)12-11-17-9-3-1-2-4-10-17/h5-8H,1-4,9-13,16H2. The molecule has 1 fully saturated rings. The third-order valence-electron chi connectivity index (χ3n) is 3.89. The molecule has 0 atom stereocenters. The first kappa shape index (κ1) is 15.5. The highest BCUT2D eigenvalue weighted by Crippen LogP contribution is 2.14. The predicted molar refractivity (Wildman–Crippen MR) is 81.3 cm³/mol. The van der Waals surface area contributed by atoms with Crippen LogP contribution in [0.25, 0.3) is 0 Å². The Bertz CT molecular complexity index is 503. The summed E-state index contributed by atoms with van der Waals surface area (Å²) in [5, 5.41) is 0. The molecule has 0 saturated carbocycles. The fraction of sp³-hybridized carbons (Fsp3) is 0.600. The fourth-order valence-electron chi connectivity index (χ4n) is 2.56. The lowest BCUT2D eigenvalue weighted by atomic mass is 10.2. The van der Waals surface area contributed by atoms with Gasteiger partial charge in [-0.1, -0.05) is 25.0 Å². The minimum Gasteiger partial charge on any atom is -0.326 e. The summed E-state index contributed by atoms with van der Waals surface area (Å²) in [7, 11) is -3.18. The number of benzene rings is 1. The van der Waals surface area contributed by atoms with Crippen LogP contribution in [0.4, 0.5) is 0 Å². The topological polar surface area (TPSA) is 63.4 Å². The Labute approximate surface area is 121 Å². The van der Waals surface area contributed by atoms with Crippen LogP contribution in [0, 0.1) is 0 Å². The Kier molecular flexibility index (Phi) is 5.57. The van der Waals surface area contributed by atoms with E-state index in [1.165, 1.54) is 25.7 Å². The lowest BCUT2D eigenvalue weighted by Gasteiger charge is -2.19. The van der Waals surface area contributed by atoms with E-state index in [4.69, 9.17) is 5.73 Å². The summed E-state index contributed by atoms with van der Waals surface area (Å²) in [4.78, 5) is 2.68. The summed E-state index contributed by atoms with van der Waals surface area (Å²) in [6.45, 7) is 3.14. The van der Waals surface area contributed by atoms with Crippen LogP contribution in [0.3, 0.4) is 0 Å². The molecule has 1 heterocycles. The van der Waals surface area contributed by atoms with Gasteiger partial charge in [-0.2, -0.15) is 0 Å². The van der Waals surface area contributed by atoms with Gasteiger partial charge in [-0.05, 0) is 43.6 Å². The van der Waals surface area contributed by atoms with E-state index in [0.29, 0.717) is 18.0 Å². The van der Waals surface area contributed by atoms with Crippen molar-refractivity contribution in [3.8, 4) is 0 Å². The molecule has 0 aromatic heterocycles. The molecule has 0 amide bonds. The van der Waals surface area contributed by atoms with Gasteiger partial charge in [0.1, 0.15) is 0 Å². The molecular formula is C15H24N2O2S. The van der Waals surface area contributed by atoms with Crippen LogP contribution in [0.2, 0.25) is 0 Å². The molecule has 112 valence electrons. The average molecular weight is 296 g/mol. The van der Waals surface area contributed by atoms with Gasteiger partial charge < -0.3 is 10.6 Å². The number of likely N-dealkylation sites (tertiary alicyclic amines) is 1. The number of hydrogen-bond acceptors (Lipinski definition) is 4. The first-order valence-corrected chi connectivity index (χ1v) is 9.01. The minimum absolute atomic E-state index is 0.203. The highest BCUT2D eigenvalue weighted by molar-refractivity contribution is 7.91. The van der Waals surface area contributed by atoms with E-state index >= 15 is 0 Å². The molecule has 2 N–H and O–H groups in total. The predicted octanol–water partition coefficient (Wildman–Crippen LogP) is 1.79. The van der Waals surface area contributed by atoms with Crippen molar-refractivity contribution < 1.29 is 8.42 Å². The van der Waals surface area contributed by atoms with Crippen LogP contribution in [0.1, 0.15) is 31.2 Å². The van der Waals surface area contributed by atoms with Gasteiger partial charge in [-0.15, -0.1) is 0 Å². The van der Waals surface area contributed by atoms with E-state index in [0.717, 1.165) is 18.7 Å². The van der Waals surface area contributed by atoms with Gasteiger partial charge in [0, 0.05) is 13.1 Å². The second kappa shape index (κ2) is 7.20. The average Bonchev–Trinajstić information content (AvgIpc) is 2.74. The van der Waals surface area contributed by atoms with Crippen LogP contribution in [0.5, 0.6) is 0 Å². The molecule has 0 unspecified atom stereocenters. The van der Waals surface area contributed by atoms with E-state index in [1.807, 2.05) is 0 Å². The smallest absolute Gasteiger partial charge is 0.179 e. The molecule has 4 nitrogen and oxygen atoms in total. The maximum Gasteiger partial charge on any atom is 0.179 e. The van der Waals surface area contributed by atoms with E-state index in [-0.39, 0.29) is 5.75 Å². The van der Waals surface area contributed by atoms with Crippen molar-refractivity contribution in [3.63, 3.8) is 0 Å². The zero-order chi connectivity index (χ0) is 14.4. The highest BCUT2D eigenvalue weighted by Gasteiger charge is 2.17. The van der Waals surface area contributed by atoms with Crippen molar-refractivity contribution in [2.75, 3.05) is 25.4 Å². The number of rotatable bonds is 5. The van der Waals surface area contributed by atoms with Crippen molar-refractivity contribution in [3.05, 3.63) is 29.8 Å². The van der Waals surface area contributed by atoms with Crippen LogP contribution in [-0.2, 0) is 16.4 Å². The Morgan fingerprint density at radius 3 is 2.15 bits per heavy atom. The van der Waals surface area contributed by atoms with Crippen LogP contribution in [-0.4, -0.2) is 38.7 Å². The van der Waals surface area contributed by atoms with E-state index in [2.05, 4.69) is 4.90 Å². The van der Waals surface area contributed by atoms with Crippen molar-refractivity contribution in [1.82, 2.24) is 4.90 Å². The van der Waals surface area contributed by atoms with Crippen molar-refractivity contribution in [2.45, 2.75) is 37.1 Å². The van der Waals surface area contributed by atoms with Gasteiger partial charge in [0.25, 0.3) is 0 Å². The highest BCUT2D eigenvalue weighted by atomic mass is 32.2. The largest absolute Gasteiger partial charge is 0.326 e. The Morgan fingerprint density at radius 1 is 1.00 bits per heavy atom. The second-order valence-electron chi connectivity index (χ2n) is 5.42. The summed E-state index contributed by atoms with van der Waals surface area (Å²) in [6, 6.07) is 6.91. The molecule has 1 aromatic carbocycles. The van der Waals surface area contributed by atoms with E-state index < -0.39 is 9.84 Å². The Morgan fingerprint density at radius 2 is 1.60 bits per heavy atom. The molecule has 0 aliphatic carbocycles. The van der Waals surface area contributed by atoms with Gasteiger partial charge in [0.05, 0.1) is 10.6 Å². The lowest BCUT2D eigenvalue weighted by molar-refractivity contribution is 0.301. The summed E-state index contributed by atoms with van der Waals surface area (Å²) >= 11 is 0. The molecule has 1 saturated heterocycles. The molecule has 5 heteroatoms. The minimum atomic E-state index is -3.18. The van der Waals surface area contributed by atoms with Crippen LogP contribution >= 0.6 is 0 Å². The third kappa shape index (κ3) is 4.30. The van der Waals surface area contributed by atoms with Gasteiger partial charge in [-0.3, -0.25) is 0 Å². The van der Waals surface area contributed by atoms with Crippen LogP contribution in [0.15, 0.2) is 29.2 Å². The van der Waals surface area contributed by atoms with Crippen LogP contribution < -0.4 is 5.73 Å². The summed E-state index contributed by atoms with van der Waals surface area (Å²) < 4.78 is 24.6. The number of sulfone groups is 1. The van der Waals surface area contributed by atoms with Crippen molar-refractivity contribution in [1.29, 1.82) is 0 Å². The third-order valence-corrected chi connectivity index (χ3v) is 5.60. The quantitative estimate of drug-likeness (QED) is 0.900. The SMILES string of the molecule is NCc1ccc(S(=O)(=O)CCN2CCCCCC2)cc1. The fourth-order valence-corrected chi connectivity index (χ4v) is 3.84. The zero-order valence-electron chi connectivity index (χ0n) is 11.9. The summed E-state index contributed by atoms with van der Waals surface area (Å²) in [5.74, 6) is 0.203. The molecule has 0 radical (unpaired) electrons. The molecule has 20 heavy (non-hydrogen) atoms. The van der Waals surface area contributed by atoms with E-state index in [9.17, 15) is 8.42 Å².